The van der Waals surface area contributed by atoms with Crippen molar-refractivity contribution in [3.63, 3.8) is 0 Å². The molecule has 2 saturated heterocycles. The number of nitrogens with one attached hydrogen (secondary N) is 2. The molecule has 2 aliphatic rings. The number of hydrogen-bond donors (Lipinski definition) is 3. The number of fused-ring (bicyclic) bond motifs is 2. The van der Waals surface area contributed by atoms with E-state index >= 15 is 4.39 Å². The first kappa shape index (κ1) is 35.4. The molecular formula is C36H42ClFN10O4. The van der Waals surface area contributed by atoms with Crippen LogP contribution in [0.1, 0.15) is 51.1 Å². The topological polar surface area (TPSA) is 155 Å². The molecule has 3 aromatic heterocycles. The molecule has 1 unspecified atom stereocenters. The Morgan fingerprint density at radius 3 is 2.62 bits per heavy atom. The minimum atomic E-state index is -1.23. The van der Waals surface area contributed by atoms with Gasteiger partial charge in [-0.15, -0.1) is 0 Å². The number of carbonyl (C=O) groups excluding carboxylic acids is 2. The van der Waals surface area contributed by atoms with E-state index in [4.69, 9.17) is 11.6 Å². The maximum atomic E-state index is 16.0. The van der Waals surface area contributed by atoms with Crippen LogP contribution in [0.15, 0.2) is 47.4 Å². The van der Waals surface area contributed by atoms with Crippen LogP contribution in [0.5, 0.6) is 0 Å². The van der Waals surface area contributed by atoms with E-state index in [9.17, 15) is 19.5 Å². The van der Waals surface area contributed by atoms with Crippen molar-refractivity contribution < 1.29 is 19.1 Å². The van der Waals surface area contributed by atoms with Crippen molar-refractivity contribution in [2.45, 2.75) is 69.8 Å². The number of aromatic nitrogens is 6. The second kappa shape index (κ2) is 13.5. The highest BCUT2D eigenvalue weighted by Crippen LogP contribution is 2.34. The van der Waals surface area contributed by atoms with Crippen LogP contribution in [0.3, 0.4) is 0 Å². The smallest absolute Gasteiger partial charge is 0.328 e. The summed E-state index contributed by atoms with van der Waals surface area (Å²) in [4.78, 5) is 50.1. The number of nitrogens with zero attached hydrogens (tertiary/aromatic N) is 8. The molecule has 3 N–H and O–H groups in total. The van der Waals surface area contributed by atoms with Gasteiger partial charge in [0.15, 0.2) is 5.82 Å². The maximum absolute atomic E-state index is 16.0. The summed E-state index contributed by atoms with van der Waals surface area (Å²) in [5.41, 5.74) is 3.31. The normalized spacial score (nSPS) is 19.8. The predicted octanol–water partition coefficient (Wildman–Crippen LogP) is 4.15. The van der Waals surface area contributed by atoms with Crippen molar-refractivity contribution in [3.05, 3.63) is 63.8 Å². The molecule has 16 heteroatoms. The van der Waals surface area contributed by atoms with E-state index in [0.29, 0.717) is 61.0 Å². The van der Waals surface area contributed by atoms with Gasteiger partial charge in [0.05, 0.1) is 52.5 Å². The predicted molar refractivity (Wildman–Crippen MR) is 198 cm³/mol. The Morgan fingerprint density at radius 2 is 1.88 bits per heavy atom. The molecule has 0 spiro atoms. The van der Waals surface area contributed by atoms with Crippen LogP contribution in [-0.2, 0) is 30.2 Å². The molecule has 3 atom stereocenters. The molecule has 2 amide bonds. The third kappa shape index (κ3) is 6.70. The number of benzene rings is 2. The average molecular weight is 733 g/mol. The van der Waals surface area contributed by atoms with Crippen LogP contribution in [0.4, 0.5) is 27.5 Å². The largest absolute Gasteiger partial charge is 0.390 e. The summed E-state index contributed by atoms with van der Waals surface area (Å²) < 4.78 is 20.9. The lowest BCUT2D eigenvalue weighted by atomic mass is 9.92. The monoisotopic (exact) mass is 732 g/mol. The lowest BCUT2D eigenvalue weighted by molar-refractivity contribution is -0.134. The Kier molecular flexibility index (Phi) is 9.19. The van der Waals surface area contributed by atoms with Crippen LogP contribution in [0.25, 0.3) is 21.9 Å². The molecule has 14 nitrogen and oxygen atoms in total. The molecule has 5 heterocycles. The number of imide groups is 1. The summed E-state index contributed by atoms with van der Waals surface area (Å²) in [6.07, 6.45) is 1.85. The lowest BCUT2D eigenvalue weighted by Crippen LogP contribution is -2.52. The summed E-state index contributed by atoms with van der Waals surface area (Å²) in [6, 6.07) is 10.8. The first-order valence-corrected chi connectivity index (χ1v) is 17.7. The molecule has 2 aliphatic heterocycles. The molecule has 274 valence electrons. The van der Waals surface area contributed by atoms with Gasteiger partial charge in [0.1, 0.15) is 11.2 Å². The second-order valence-electron chi connectivity index (χ2n) is 14.4. The van der Waals surface area contributed by atoms with Crippen molar-refractivity contribution in [1.29, 1.82) is 0 Å². The van der Waals surface area contributed by atoms with Gasteiger partial charge in [0, 0.05) is 57.4 Å². The molecular weight excluding hydrogens is 691 g/mol. The highest BCUT2D eigenvalue weighted by molar-refractivity contribution is 6.33. The Bertz CT molecular complexity index is 2260. The summed E-state index contributed by atoms with van der Waals surface area (Å²) >= 11 is 6.53. The van der Waals surface area contributed by atoms with Gasteiger partial charge in [0.2, 0.25) is 17.8 Å². The van der Waals surface area contributed by atoms with Crippen molar-refractivity contribution in [2.75, 3.05) is 35.3 Å². The number of piperidine rings is 2. The van der Waals surface area contributed by atoms with Gasteiger partial charge in [-0.1, -0.05) is 11.6 Å². The van der Waals surface area contributed by atoms with Gasteiger partial charge >= 0.3 is 5.69 Å². The number of alkyl halides is 1. The Hall–Kier alpha value is -5.02. The first-order chi connectivity index (χ1) is 24.7. The second-order valence-corrected chi connectivity index (χ2v) is 14.8. The fourth-order valence-corrected chi connectivity index (χ4v) is 7.37. The molecule has 0 saturated carbocycles. The van der Waals surface area contributed by atoms with Gasteiger partial charge in [-0.25, -0.2) is 14.2 Å². The Labute approximate surface area is 304 Å². The summed E-state index contributed by atoms with van der Waals surface area (Å²) in [5.74, 6) is -0.449. The van der Waals surface area contributed by atoms with E-state index in [0.717, 1.165) is 22.1 Å². The fraction of sp³-hybridized carbons (Fsp3) is 0.444. The zero-order valence-electron chi connectivity index (χ0n) is 29.7. The molecule has 52 heavy (non-hydrogen) atoms. The number of anilines is 4. The number of amides is 2. The molecule has 0 bridgehead atoms. The van der Waals surface area contributed by atoms with Crippen LogP contribution >= 0.6 is 11.6 Å². The van der Waals surface area contributed by atoms with Gasteiger partial charge in [-0.2, -0.15) is 10.1 Å². The molecule has 7 rings (SSSR count). The van der Waals surface area contributed by atoms with Gasteiger partial charge < -0.3 is 20.2 Å². The number of aliphatic hydroxyl groups is 1. The number of imidazole rings is 1. The Balaban J connectivity index is 1.06. The van der Waals surface area contributed by atoms with E-state index in [1.165, 1.54) is 6.20 Å². The van der Waals surface area contributed by atoms with Crippen LogP contribution in [-0.4, -0.2) is 83.8 Å². The van der Waals surface area contributed by atoms with Crippen molar-refractivity contribution >= 4 is 68.5 Å². The number of rotatable bonds is 9. The highest BCUT2D eigenvalue weighted by atomic mass is 35.5. The summed E-state index contributed by atoms with van der Waals surface area (Å²) in [7, 11) is 5.30. The molecule has 5 aromatic rings. The quantitative estimate of drug-likeness (QED) is 0.188. The van der Waals surface area contributed by atoms with E-state index in [1.807, 2.05) is 48.3 Å². The maximum Gasteiger partial charge on any atom is 0.328 e. The van der Waals surface area contributed by atoms with Crippen LogP contribution in [0.2, 0.25) is 5.02 Å². The van der Waals surface area contributed by atoms with Gasteiger partial charge in [-0.3, -0.25) is 28.7 Å². The third-order valence-electron chi connectivity index (χ3n) is 10.2. The Morgan fingerprint density at radius 1 is 1.10 bits per heavy atom. The van der Waals surface area contributed by atoms with Gasteiger partial charge in [-0.05, 0) is 69.5 Å². The minimum Gasteiger partial charge on any atom is -0.390 e. The van der Waals surface area contributed by atoms with E-state index in [1.54, 1.807) is 46.7 Å². The third-order valence-corrected chi connectivity index (χ3v) is 10.5. The van der Waals surface area contributed by atoms with Crippen molar-refractivity contribution in [2.24, 2.45) is 14.1 Å². The molecule has 0 aliphatic carbocycles. The molecule has 2 aromatic carbocycles. The highest BCUT2D eigenvalue weighted by Gasteiger charge is 2.35. The zero-order valence-corrected chi connectivity index (χ0v) is 30.5. The van der Waals surface area contributed by atoms with E-state index in [2.05, 4.69) is 25.7 Å². The first-order valence-electron chi connectivity index (χ1n) is 17.3. The zero-order chi connectivity index (χ0) is 37.1. The van der Waals surface area contributed by atoms with Gasteiger partial charge in [0.25, 0.3) is 0 Å². The average Bonchev–Trinajstić information content (AvgIpc) is 3.55. The minimum absolute atomic E-state index is 0.156. The SMILES string of the molecule is CN(c1ncc(Cl)c(Nc2ccc3c(c2)n(CCC(C)(C)O)c(=O)n3C)n1)[C@H]1CCN(c2ccc3c(C4CCC(=O)NC4=O)nn(C)c3c2)C[C@@H]1F. The van der Waals surface area contributed by atoms with Crippen LogP contribution in [0, 0.1) is 0 Å². The van der Waals surface area contributed by atoms with E-state index in [-0.39, 0.29) is 35.5 Å². The number of halogens is 2. The van der Waals surface area contributed by atoms with E-state index < -0.39 is 23.7 Å². The standard InChI is InChI=1S/C36H42ClFN10O4/c1-36(2,52)13-15-48-29-16-20(6-10-27(29)45(4)35(48)51)40-32-24(37)18-39-34(42-32)44(3)26-12-14-47(19-25(26)38)21-7-8-22-28(17-21)46(5)43-31(22)23-9-11-30(49)41-33(23)50/h6-8,10,16-18,23,25-26,52H,9,11-15,19H2,1-5H3,(H,39,40,42)(H,41,49,50)/t23?,25-,26-/m0/s1. The van der Waals surface area contributed by atoms with Crippen molar-refractivity contribution in [3.8, 4) is 0 Å². The molecule has 0 radical (unpaired) electrons. The summed E-state index contributed by atoms with van der Waals surface area (Å²) in [6.45, 7) is 4.51. The number of aryl methyl sites for hydroxylation is 3. The van der Waals surface area contributed by atoms with Crippen LogP contribution < -0.4 is 26.1 Å². The number of carbonyl (C=O) groups is 2. The molecule has 2 fully saturated rings. The lowest BCUT2D eigenvalue weighted by Gasteiger charge is -2.40. The number of hydrogen-bond acceptors (Lipinski definition) is 10. The summed E-state index contributed by atoms with van der Waals surface area (Å²) in [5, 5.41) is 21.7. The fourth-order valence-electron chi connectivity index (χ4n) is 7.24. The van der Waals surface area contributed by atoms with Crippen molar-refractivity contribution in [1.82, 2.24) is 34.2 Å².